The number of halogens is 2. The minimum absolute atomic E-state index is 0.0212. The molecule has 0 N–H and O–H groups in total. The van der Waals surface area contributed by atoms with E-state index in [1.54, 1.807) is 0 Å². The summed E-state index contributed by atoms with van der Waals surface area (Å²) in [7, 11) is 0. The van der Waals surface area contributed by atoms with Gasteiger partial charge in [-0.05, 0) is 115 Å². The molecule has 13 atom stereocenters. The number of alkyl halides is 2. The van der Waals surface area contributed by atoms with E-state index in [2.05, 4.69) is 48.5 Å². The van der Waals surface area contributed by atoms with E-state index in [1.165, 1.54) is 39.0 Å². The molecule has 0 aliphatic heterocycles. The topological polar surface area (TPSA) is 26.3 Å². The molecular formula is C32H52Cl2O2. The number of hydrogen-bond donors (Lipinski definition) is 0. The van der Waals surface area contributed by atoms with E-state index < -0.39 is 4.87 Å². The maximum Gasteiger partial charge on any atom is 0.302 e. The van der Waals surface area contributed by atoms with Crippen LogP contribution in [0.5, 0.6) is 0 Å². The minimum atomic E-state index is -0.476. The number of hydrogen-bond acceptors (Lipinski definition) is 2. The average molecular weight is 540 g/mol. The van der Waals surface area contributed by atoms with Gasteiger partial charge in [0.15, 0.2) is 0 Å². The molecule has 36 heavy (non-hydrogen) atoms. The summed E-state index contributed by atoms with van der Waals surface area (Å²) in [5.41, 5.74) is 1.00. The molecule has 5 saturated carbocycles. The Labute approximate surface area is 231 Å². The van der Waals surface area contributed by atoms with E-state index in [0.717, 1.165) is 54.8 Å². The van der Waals surface area contributed by atoms with Crippen molar-refractivity contribution in [2.24, 2.45) is 63.6 Å². The molecular weight excluding hydrogens is 487 g/mol. The van der Waals surface area contributed by atoms with Crippen molar-refractivity contribution in [1.82, 2.24) is 0 Å². The van der Waals surface area contributed by atoms with Crippen LogP contribution in [0.2, 0.25) is 0 Å². The second-order valence-electron chi connectivity index (χ2n) is 15.3. The molecule has 0 aromatic rings. The molecule has 2 nitrogen and oxygen atoms in total. The van der Waals surface area contributed by atoms with Gasteiger partial charge in [-0.3, -0.25) is 4.79 Å². The highest BCUT2D eigenvalue weighted by atomic mass is 35.5. The van der Waals surface area contributed by atoms with Crippen LogP contribution in [0.25, 0.3) is 0 Å². The summed E-state index contributed by atoms with van der Waals surface area (Å²) < 4.78 is 5.66. The third-order valence-electron chi connectivity index (χ3n) is 13.8. The number of esters is 1. The lowest BCUT2D eigenvalue weighted by molar-refractivity contribution is -0.156. The Morgan fingerprint density at radius 1 is 0.917 bits per heavy atom. The predicted octanol–water partition coefficient (Wildman–Crippen LogP) is 9.11. The Morgan fingerprint density at radius 3 is 2.25 bits per heavy atom. The first-order chi connectivity index (χ1) is 16.7. The van der Waals surface area contributed by atoms with E-state index in [9.17, 15) is 4.79 Å². The Morgan fingerprint density at radius 2 is 1.61 bits per heavy atom. The van der Waals surface area contributed by atoms with Crippen molar-refractivity contribution in [3.05, 3.63) is 0 Å². The summed E-state index contributed by atoms with van der Waals surface area (Å²) in [6.07, 6.45) is 10.4. The lowest BCUT2D eigenvalue weighted by Gasteiger charge is -2.65. The molecule has 0 radical (unpaired) electrons. The lowest BCUT2D eigenvalue weighted by Crippen LogP contribution is -2.65. The zero-order valence-corrected chi connectivity index (χ0v) is 25.7. The van der Waals surface area contributed by atoms with Crippen LogP contribution in [0.4, 0.5) is 0 Å². The molecule has 4 unspecified atom stereocenters. The lowest BCUT2D eigenvalue weighted by atomic mass is 9.44. The van der Waals surface area contributed by atoms with Gasteiger partial charge in [-0.25, -0.2) is 0 Å². The molecule has 206 valence electrons. The fourth-order valence-corrected chi connectivity index (χ4v) is 12.2. The molecule has 0 heterocycles. The molecule has 5 aliphatic carbocycles. The van der Waals surface area contributed by atoms with Crippen LogP contribution in [0.3, 0.4) is 0 Å². The van der Waals surface area contributed by atoms with E-state index in [-0.39, 0.29) is 22.9 Å². The van der Waals surface area contributed by atoms with Gasteiger partial charge in [-0.2, -0.15) is 0 Å². The normalized spacial score (nSPS) is 53.7. The van der Waals surface area contributed by atoms with Gasteiger partial charge in [0.25, 0.3) is 0 Å². The molecule has 0 aromatic carbocycles. The molecule has 0 aromatic heterocycles. The molecule has 5 fully saturated rings. The first-order valence-corrected chi connectivity index (χ1v) is 16.0. The Bertz CT molecular complexity index is 874. The molecule has 0 bridgehead atoms. The SMILES string of the molecule is CC(=O)OC1CC[C@]2(C)[C@H]3CC[C@]4(C)[C@@H]([C@H](C)[C@H]5C[C@]5(C)C(C)C(C)C)CC[C@H]4[C@@H]3CC(Cl)C2(Cl)C1. The molecule has 0 saturated heterocycles. The smallest absolute Gasteiger partial charge is 0.302 e. The van der Waals surface area contributed by atoms with Crippen LogP contribution in [0.1, 0.15) is 113 Å². The van der Waals surface area contributed by atoms with Crippen molar-refractivity contribution < 1.29 is 9.53 Å². The first kappa shape index (κ1) is 27.6. The van der Waals surface area contributed by atoms with Gasteiger partial charge < -0.3 is 4.74 Å². The molecule has 0 amide bonds. The Balaban J connectivity index is 1.35. The van der Waals surface area contributed by atoms with Crippen LogP contribution in [0, 0.1) is 63.6 Å². The van der Waals surface area contributed by atoms with Crippen molar-refractivity contribution in [2.45, 2.75) is 130 Å². The Hall–Kier alpha value is 0.0500. The highest BCUT2D eigenvalue weighted by molar-refractivity contribution is 6.33. The van der Waals surface area contributed by atoms with Gasteiger partial charge in [-0.15, -0.1) is 23.2 Å². The summed E-state index contributed by atoms with van der Waals surface area (Å²) in [4.78, 5) is 11.2. The highest BCUT2D eigenvalue weighted by Crippen LogP contribution is 2.73. The van der Waals surface area contributed by atoms with E-state index in [0.29, 0.717) is 29.1 Å². The van der Waals surface area contributed by atoms with Crippen LogP contribution < -0.4 is 0 Å². The standard InChI is InChI=1S/C32H52Cl2O2/c1-18(2)20(4)30(7)17-27(30)19(3)24-9-10-25-23-15-28(33)32(34)16-22(36-21(5)35)11-14-31(32,8)26(23)12-13-29(24,25)6/h18-20,22-28H,9-17H2,1-8H3/t19-,20?,22?,23-,24+,25-,26-,27+,28?,29+,30+,31+,32?/m0/s1. The molecule has 5 rings (SSSR count). The maximum atomic E-state index is 11.7. The number of rotatable bonds is 5. The minimum Gasteiger partial charge on any atom is -0.462 e. The van der Waals surface area contributed by atoms with E-state index in [4.69, 9.17) is 27.9 Å². The quantitative estimate of drug-likeness (QED) is 0.257. The second kappa shape index (κ2) is 9.04. The number of carbonyl (C=O) groups is 1. The summed E-state index contributed by atoms with van der Waals surface area (Å²) >= 11 is 14.8. The third-order valence-corrected chi connectivity index (χ3v) is 15.3. The Kier molecular flexibility index (Phi) is 6.93. The van der Waals surface area contributed by atoms with Gasteiger partial charge in [-0.1, -0.05) is 48.5 Å². The van der Waals surface area contributed by atoms with Crippen LogP contribution in [-0.2, 0) is 9.53 Å². The third kappa shape index (κ3) is 3.87. The summed E-state index contributed by atoms with van der Waals surface area (Å²) in [5, 5.41) is -0.0544. The fourth-order valence-electron chi connectivity index (χ4n) is 11.2. The van der Waals surface area contributed by atoms with Crippen molar-refractivity contribution in [1.29, 1.82) is 0 Å². The number of carbonyl (C=O) groups excluding carboxylic acids is 1. The maximum absolute atomic E-state index is 11.7. The summed E-state index contributed by atoms with van der Waals surface area (Å²) in [5.74, 6) is 6.04. The summed E-state index contributed by atoms with van der Waals surface area (Å²) in [6, 6.07) is 0. The first-order valence-electron chi connectivity index (χ1n) is 15.2. The predicted molar refractivity (Wildman–Crippen MR) is 150 cm³/mol. The number of fused-ring (bicyclic) bond motifs is 5. The largest absolute Gasteiger partial charge is 0.462 e. The van der Waals surface area contributed by atoms with Gasteiger partial charge in [0.1, 0.15) is 6.10 Å². The van der Waals surface area contributed by atoms with Crippen LogP contribution >= 0.6 is 23.2 Å². The molecule has 5 aliphatic rings. The van der Waals surface area contributed by atoms with Gasteiger partial charge >= 0.3 is 5.97 Å². The van der Waals surface area contributed by atoms with Crippen molar-refractivity contribution in [3.63, 3.8) is 0 Å². The summed E-state index contributed by atoms with van der Waals surface area (Å²) in [6.45, 7) is 19.1. The van der Waals surface area contributed by atoms with Crippen molar-refractivity contribution >= 4 is 29.2 Å². The van der Waals surface area contributed by atoms with Gasteiger partial charge in [0.05, 0.1) is 10.3 Å². The highest BCUT2D eigenvalue weighted by Gasteiger charge is 2.68. The zero-order valence-electron chi connectivity index (χ0n) is 24.2. The van der Waals surface area contributed by atoms with Crippen LogP contribution in [0.15, 0.2) is 0 Å². The fraction of sp³-hybridized carbons (Fsp3) is 0.969. The van der Waals surface area contributed by atoms with E-state index >= 15 is 0 Å². The average Bonchev–Trinajstić information content (AvgIpc) is 3.36. The van der Waals surface area contributed by atoms with Crippen molar-refractivity contribution in [3.8, 4) is 0 Å². The van der Waals surface area contributed by atoms with Crippen molar-refractivity contribution in [2.75, 3.05) is 0 Å². The monoisotopic (exact) mass is 538 g/mol. The van der Waals surface area contributed by atoms with Gasteiger partial charge in [0, 0.05) is 13.3 Å². The van der Waals surface area contributed by atoms with E-state index in [1.807, 2.05) is 0 Å². The molecule has 4 heteroatoms. The second-order valence-corrected chi connectivity index (χ2v) is 16.5. The van der Waals surface area contributed by atoms with Crippen LogP contribution in [-0.4, -0.2) is 22.3 Å². The number of ether oxygens (including phenoxy) is 1. The van der Waals surface area contributed by atoms with Gasteiger partial charge in [0.2, 0.25) is 0 Å². The molecule has 0 spiro atoms. The zero-order chi connectivity index (χ0) is 26.4.